The van der Waals surface area contributed by atoms with Gasteiger partial charge in [-0.3, -0.25) is 0 Å². The first-order chi connectivity index (χ1) is 11.2. The molecule has 0 spiro atoms. The molecule has 0 heterocycles. The van der Waals surface area contributed by atoms with E-state index >= 15 is 0 Å². The van der Waals surface area contributed by atoms with Crippen molar-refractivity contribution in [2.45, 2.75) is 77.6 Å². The quantitative estimate of drug-likeness (QED) is 0.303. The average Bonchev–Trinajstić information content (AvgIpc) is 2.51. The minimum atomic E-state index is -1.79. The summed E-state index contributed by atoms with van der Waals surface area (Å²) >= 11 is 0. The Morgan fingerprint density at radius 3 is 2.42 bits per heavy atom. The van der Waals surface area contributed by atoms with Crippen molar-refractivity contribution < 1.29 is 4.43 Å². The van der Waals surface area contributed by atoms with Crippen LogP contribution in [0.5, 0.6) is 0 Å². The first kappa shape index (κ1) is 20.7. The number of hydrogen-bond donors (Lipinski definition) is 0. The SMILES string of the molecule is C#C[C@@H](CC/C(C)=C/CCc1ccccc1)O[Si](C)(C)C(C)(C)C. The second-order valence-electron chi connectivity index (χ2n) is 8.15. The molecule has 0 fully saturated rings. The third-order valence-electron chi connectivity index (χ3n) is 5.00. The molecule has 0 N–H and O–H groups in total. The van der Waals surface area contributed by atoms with E-state index in [1.165, 1.54) is 11.1 Å². The molecule has 1 nitrogen and oxygen atoms in total. The first-order valence-corrected chi connectivity index (χ1v) is 11.9. The Hall–Kier alpha value is -1.30. The highest BCUT2D eigenvalue weighted by atomic mass is 28.4. The van der Waals surface area contributed by atoms with Crippen molar-refractivity contribution in [3.05, 3.63) is 47.5 Å². The van der Waals surface area contributed by atoms with Crippen LogP contribution in [0.25, 0.3) is 0 Å². The topological polar surface area (TPSA) is 9.23 Å². The fourth-order valence-electron chi connectivity index (χ4n) is 2.30. The van der Waals surface area contributed by atoms with Crippen LogP contribution in [0.2, 0.25) is 18.1 Å². The van der Waals surface area contributed by atoms with Crippen LogP contribution in [0.15, 0.2) is 42.0 Å². The molecule has 0 saturated heterocycles. The van der Waals surface area contributed by atoms with Gasteiger partial charge < -0.3 is 4.43 Å². The summed E-state index contributed by atoms with van der Waals surface area (Å²) in [6.07, 6.45) is 12.1. The van der Waals surface area contributed by atoms with Crippen LogP contribution >= 0.6 is 0 Å². The number of aryl methyl sites for hydroxylation is 1. The molecule has 24 heavy (non-hydrogen) atoms. The van der Waals surface area contributed by atoms with Gasteiger partial charge in [-0.05, 0) is 56.3 Å². The molecule has 132 valence electrons. The van der Waals surface area contributed by atoms with Gasteiger partial charge in [0.05, 0.1) is 0 Å². The predicted molar refractivity (Wildman–Crippen MR) is 109 cm³/mol. The van der Waals surface area contributed by atoms with Gasteiger partial charge in [-0.1, -0.05) is 68.7 Å². The van der Waals surface area contributed by atoms with E-state index < -0.39 is 8.32 Å². The number of allylic oxidation sites excluding steroid dienone is 2. The molecule has 1 aromatic carbocycles. The molecule has 1 rings (SSSR count). The lowest BCUT2D eigenvalue weighted by Gasteiger charge is -2.38. The van der Waals surface area contributed by atoms with Gasteiger partial charge in [0.2, 0.25) is 0 Å². The molecule has 0 saturated carbocycles. The minimum absolute atomic E-state index is 0.0663. The second kappa shape index (κ2) is 9.25. The van der Waals surface area contributed by atoms with Crippen LogP contribution in [-0.4, -0.2) is 14.4 Å². The smallest absolute Gasteiger partial charge is 0.193 e. The van der Waals surface area contributed by atoms with E-state index in [4.69, 9.17) is 10.8 Å². The van der Waals surface area contributed by atoms with E-state index in [9.17, 15) is 0 Å². The Bertz CT molecular complexity index is 558. The molecular formula is C22H34OSi. The van der Waals surface area contributed by atoms with Crippen molar-refractivity contribution in [3.63, 3.8) is 0 Å². The van der Waals surface area contributed by atoms with Gasteiger partial charge in [0, 0.05) is 0 Å². The first-order valence-electron chi connectivity index (χ1n) is 8.99. The van der Waals surface area contributed by atoms with E-state index in [-0.39, 0.29) is 11.1 Å². The summed E-state index contributed by atoms with van der Waals surface area (Å²) in [5.41, 5.74) is 2.80. The molecule has 2 heteroatoms. The Morgan fingerprint density at radius 2 is 1.88 bits per heavy atom. The molecule has 1 atom stereocenters. The molecule has 0 aromatic heterocycles. The van der Waals surface area contributed by atoms with Crippen molar-refractivity contribution in [3.8, 4) is 12.3 Å². The Balaban J connectivity index is 2.45. The number of benzene rings is 1. The summed E-state index contributed by atoms with van der Waals surface area (Å²) in [6, 6.07) is 10.6. The predicted octanol–water partition coefficient (Wildman–Crippen LogP) is 6.37. The fourth-order valence-corrected chi connectivity index (χ4v) is 3.55. The molecule has 0 bridgehead atoms. The largest absolute Gasteiger partial charge is 0.403 e. The third kappa shape index (κ3) is 7.07. The van der Waals surface area contributed by atoms with Crippen molar-refractivity contribution in [1.82, 2.24) is 0 Å². The Labute approximate surface area is 150 Å². The maximum atomic E-state index is 6.35. The maximum Gasteiger partial charge on any atom is 0.193 e. The van der Waals surface area contributed by atoms with Gasteiger partial charge in [-0.15, -0.1) is 6.42 Å². The van der Waals surface area contributed by atoms with E-state index in [1.54, 1.807) is 0 Å². The normalized spacial score (nSPS) is 14.3. The summed E-state index contributed by atoms with van der Waals surface area (Å²) in [7, 11) is -1.79. The molecule has 0 aliphatic rings. The zero-order valence-electron chi connectivity index (χ0n) is 16.4. The Morgan fingerprint density at radius 1 is 1.25 bits per heavy atom. The fraction of sp³-hybridized carbons (Fsp3) is 0.545. The van der Waals surface area contributed by atoms with Crippen LogP contribution in [0.4, 0.5) is 0 Å². The average molecular weight is 343 g/mol. The van der Waals surface area contributed by atoms with Crippen LogP contribution < -0.4 is 0 Å². The second-order valence-corrected chi connectivity index (χ2v) is 12.9. The van der Waals surface area contributed by atoms with Gasteiger partial charge in [-0.25, -0.2) is 0 Å². The summed E-state index contributed by atoms with van der Waals surface area (Å²) in [5.74, 6) is 2.85. The van der Waals surface area contributed by atoms with Crippen molar-refractivity contribution >= 4 is 8.32 Å². The van der Waals surface area contributed by atoms with Crippen molar-refractivity contribution in [1.29, 1.82) is 0 Å². The lowest BCUT2D eigenvalue weighted by molar-refractivity contribution is 0.224. The molecule has 0 amide bonds. The lowest BCUT2D eigenvalue weighted by atomic mass is 10.0. The maximum absolute atomic E-state index is 6.35. The molecule has 0 radical (unpaired) electrons. The third-order valence-corrected chi connectivity index (χ3v) is 9.48. The number of hydrogen-bond acceptors (Lipinski definition) is 1. The van der Waals surface area contributed by atoms with E-state index in [0.29, 0.717) is 0 Å². The highest BCUT2D eigenvalue weighted by molar-refractivity contribution is 6.74. The monoisotopic (exact) mass is 342 g/mol. The zero-order valence-corrected chi connectivity index (χ0v) is 17.4. The molecule has 0 aliphatic carbocycles. The van der Waals surface area contributed by atoms with Crippen LogP contribution in [0.3, 0.4) is 0 Å². The van der Waals surface area contributed by atoms with E-state index in [1.807, 2.05) is 0 Å². The molecular weight excluding hydrogens is 308 g/mol. The molecule has 0 unspecified atom stereocenters. The van der Waals surface area contributed by atoms with Crippen LogP contribution in [0, 0.1) is 12.3 Å². The number of terminal acetylenes is 1. The van der Waals surface area contributed by atoms with Gasteiger partial charge in [0.1, 0.15) is 6.10 Å². The van der Waals surface area contributed by atoms with Gasteiger partial charge >= 0.3 is 0 Å². The summed E-state index contributed by atoms with van der Waals surface area (Å²) < 4.78 is 6.35. The highest BCUT2D eigenvalue weighted by Gasteiger charge is 2.38. The van der Waals surface area contributed by atoms with Gasteiger partial charge in [0.15, 0.2) is 8.32 Å². The van der Waals surface area contributed by atoms with Gasteiger partial charge in [-0.2, -0.15) is 0 Å². The van der Waals surface area contributed by atoms with Gasteiger partial charge in [0.25, 0.3) is 0 Å². The highest BCUT2D eigenvalue weighted by Crippen LogP contribution is 2.37. The summed E-state index contributed by atoms with van der Waals surface area (Å²) in [6.45, 7) is 13.5. The number of rotatable bonds is 8. The Kier molecular flexibility index (Phi) is 7.99. The van der Waals surface area contributed by atoms with Crippen molar-refractivity contribution in [2.24, 2.45) is 0 Å². The summed E-state index contributed by atoms with van der Waals surface area (Å²) in [4.78, 5) is 0. The minimum Gasteiger partial charge on any atom is -0.403 e. The molecule has 1 aromatic rings. The standard InChI is InChI=1S/C22H34OSi/c1-8-21(23-24(6,7)22(3,4)5)18-17-19(2)13-12-16-20-14-10-9-11-15-20/h1,9-11,13-15,21H,12,16-18H2,2-7H3/b19-13+/t21-/m0/s1. The molecule has 0 aliphatic heterocycles. The zero-order chi connectivity index (χ0) is 18.2. The van der Waals surface area contributed by atoms with Crippen molar-refractivity contribution in [2.75, 3.05) is 0 Å². The van der Waals surface area contributed by atoms with Crippen LogP contribution in [0.1, 0.15) is 52.5 Å². The van der Waals surface area contributed by atoms with Crippen LogP contribution in [-0.2, 0) is 10.8 Å². The van der Waals surface area contributed by atoms with E-state index in [0.717, 1.165) is 25.7 Å². The lowest BCUT2D eigenvalue weighted by Crippen LogP contribution is -2.43. The van der Waals surface area contributed by atoms with E-state index in [2.05, 4.69) is 83.1 Å². The summed E-state index contributed by atoms with van der Waals surface area (Å²) in [5, 5.41) is 0.197.